The van der Waals surface area contributed by atoms with Gasteiger partial charge in [0.2, 0.25) is 5.91 Å². The molecule has 0 saturated heterocycles. The van der Waals surface area contributed by atoms with Gasteiger partial charge in [-0.05, 0) is 18.2 Å². The quantitative estimate of drug-likeness (QED) is 0.878. The zero-order chi connectivity index (χ0) is 16.5. The van der Waals surface area contributed by atoms with Crippen LogP contribution < -0.4 is 14.8 Å². The van der Waals surface area contributed by atoms with E-state index in [1.807, 2.05) is 12.1 Å². The lowest BCUT2D eigenvalue weighted by Crippen LogP contribution is -2.17. The topological polar surface area (TPSA) is 73.9 Å². The van der Waals surface area contributed by atoms with Crippen LogP contribution in [0.4, 0.5) is 5.69 Å². The Morgan fingerprint density at radius 2 is 1.88 bits per heavy atom. The molecule has 2 aromatic carbocycles. The minimum absolute atomic E-state index is 0.0667. The number of carbonyl (C=O) groups excluding carboxylic acids is 2. The molecule has 2 aromatic rings. The number of amides is 1. The van der Waals surface area contributed by atoms with Crippen molar-refractivity contribution in [3.8, 4) is 11.5 Å². The molecule has 6 heteroatoms. The highest BCUT2D eigenvalue weighted by Crippen LogP contribution is 2.34. The second kappa shape index (κ2) is 5.88. The van der Waals surface area contributed by atoms with Gasteiger partial charge in [-0.15, -0.1) is 0 Å². The minimum Gasteiger partial charge on any atom is -0.486 e. The molecule has 0 unspecified atom stereocenters. The van der Waals surface area contributed by atoms with Crippen molar-refractivity contribution in [2.75, 3.05) is 18.5 Å². The highest BCUT2D eigenvalue weighted by molar-refractivity contribution is 5.96. The molecular formula is C18H15NO5. The van der Waals surface area contributed by atoms with Crippen molar-refractivity contribution in [1.29, 1.82) is 0 Å². The van der Waals surface area contributed by atoms with E-state index in [4.69, 9.17) is 14.2 Å². The predicted molar refractivity (Wildman–Crippen MR) is 85.3 cm³/mol. The van der Waals surface area contributed by atoms with Gasteiger partial charge in [-0.2, -0.15) is 0 Å². The highest BCUT2D eigenvalue weighted by atomic mass is 16.6. The van der Waals surface area contributed by atoms with E-state index in [1.165, 1.54) is 0 Å². The summed E-state index contributed by atoms with van der Waals surface area (Å²) >= 11 is 0. The minimum atomic E-state index is -0.550. The van der Waals surface area contributed by atoms with Gasteiger partial charge >= 0.3 is 5.97 Å². The zero-order valence-corrected chi connectivity index (χ0v) is 12.8. The summed E-state index contributed by atoms with van der Waals surface area (Å²) in [4.78, 5) is 24.1. The largest absolute Gasteiger partial charge is 0.486 e. The summed E-state index contributed by atoms with van der Waals surface area (Å²) in [6.45, 7) is 1.00. The first-order chi connectivity index (χ1) is 11.7. The van der Waals surface area contributed by atoms with Crippen molar-refractivity contribution >= 4 is 17.6 Å². The third-order valence-electron chi connectivity index (χ3n) is 3.97. The van der Waals surface area contributed by atoms with Crippen LogP contribution in [0.5, 0.6) is 11.5 Å². The van der Waals surface area contributed by atoms with Crippen LogP contribution in [-0.2, 0) is 9.53 Å². The van der Waals surface area contributed by atoms with Crippen LogP contribution >= 0.6 is 0 Å². The van der Waals surface area contributed by atoms with Crippen LogP contribution in [0.15, 0.2) is 42.5 Å². The van der Waals surface area contributed by atoms with Gasteiger partial charge in [-0.3, -0.25) is 4.79 Å². The standard InChI is InChI=1S/C18H15NO5/c20-17(10-15-12-3-1-2-4-13(12)18(21)24-15)19-11-5-6-14-16(9-11)23-8-7-22-14/h1-6,9,15H,7-8,10H2,(H,19,20)/t15-/m0/s1. The van der Waals surface area contributed by atoms with E-state index in [9.17, 15) is 9.59 Å². The third kappa shape index (κ3) is 2.67. The van der Waals surface area contributed by atoms with Crippen LogP contribution in [-0.4, -0.2) is 25.1 Å². The fourth-order valence-corrected chi connectivity index (χ4v) is 2.87. The van der Waals surface area contributed by atoms with Crippen LogP contribution in [0.25, 0.3) is 0 Å². The van der Waals surface area contributed by atoms with Crippen molar-refractivity contribution in [3.63, 3.8) is 0 Å². The molecule has 4 rings (SSSR count). The summed E-state index contributed by atoms with van der Waals surface area (Å²) in [5, 5.41) is 2.80. The second-order valence-electron chi connectivity index (χ2n) is 5.59. The Hall–Kier alpha value is -3.02. The molecule has 2 aliphatic rings. The Morgan fingerprint density at radius 1 is 1.08 bits per heavy atom. The Bertz CT molecular complexity index is 817. The lowest BCUT2D eigenvalue weighted by Gasteiger charge is -2.19. The molecular weight excluding hydrogens is 310 g/mol. The second-order valence-corrected chi connectivity index (χ2v) is 5.59. The van der Waals surface area contributed by atoms with E-state index in [-0.39, 0.29) is 18.3 Å². The summed E-state index contributed by atoms with van der Waals surface area (Å²) < 4.78 is 16.2. The number of nitrogens with one attached hydrogen (secondary N) is 1. The van der Waals surface area contributed by atoms with Gasteiger partial charge in [0.15, 0.2) is 11.5 Å². The Morgan fingerprint density at radius 3 is 2.75 bits per heavy atom. The molecule has 0 fully saturated rings. The smallest absolute Gasteiger partial charge is 0.339 e. The Labute approximate surface area is 138 Å². The first kappa shape index (κ1) is 14.6. The zero-order valence-electron chi connectivity index (χ0n) is 12.8. The van der Waals surface area contributed by atoms with Crippen molar-refractivity contribution in [3.05, 3.63) is 53.6 Å². The molecule has 0 spiro atoms. The first-order valence-electron chi connectivity index (χ1n) is 7.70. The molecule has 2 heterocycles. The van der Waals surface area contributed by atoms with E-state index >= 15 is 0 Å². The SMILES string of the molecule is O=C(C[C@@H]1OC(=O)c2ccccc21)Nc1ccc2c(c1)OCCO2. The maximum absolute atomic E-state index is 12.3. The van der Waals surface area contributed by atoms with Gasteiger partial charge in [0, 0.05) is 17.3 Å². The van der Waals surface area contributed by atoms with Crippen molar-refractivity contribution < 1.29 is 23.8 Å². The van der Waals surface area contributed by atoms with Gasteiger partial charge < -0.3 is 19.5 Å². The normalized spacial score (nSPS) is 17.8. The molecule has 0 aromatic heterocycles. The number of cyclic esters (lactones) is 1. The molecule has 1 atom stereocenters. The van der Waals surface area contributed by atoms with E-state index < -0.39 is 6.10 Å². The van der Waals surface area contributed by atoms with Gasteiger partial charge in [0.1, 0.15) is 19.3 Å². The lowest BCUT2D eigenvalue weighted by molar-refractivity contribution is -0.118. The molecule has 1 N–H and O–H groups in total. The van der Waals surface area contributed by atoms with Crippen molar-refractivity contribution in [1.82, 2.24) is 0 Å². The number of carbonyl (C=O) groups is 2. The van der Waals surface area contributed by atoms with E-state index in [2.05, 4.69) is 5.32 Å². The number of hydrogen-bond donors (Lipinski definition) is 1. The molecule has 122 valence electrons. The van der Waals surface area contributed by atoms with Crippen LogP contribution in [0.3, 0.4) is 0 Å². The van der Waals surface area contributed by atoms with Gasteiger partial charge in [-0.25, -0.2) is 4.79 Å². The van der Waals surface area contributed by atoms with Gasteiger partial charge in [-0.1, -0.05) is 18.2 Å². The summed E-state index contributed by atoms with van der Waals surface area (Å²) in [5.41, 5.74) is 1.89. The highest BCUT2D eigenvalue weighted by Gasteiger charge is 2.32. The predicted octanol–water partition coefficient (Wildman–Crippen LogP) is 2.70. The Kier molecular flexibility index (Phi) is 3.57. The monoisotopic (exact) mass is 325 g/mol. The molecule has 0 aliphatic carbocycles. The summed E-state index contributed by atoms with van der Waals surface area (Å²) in [6, 6.07) is 12.3. The summed E-state index contributed by atoms with van der Waals surface area (Å²) in [7, 11) is 0. The van der Waals surface area contributed by atoms with Crippen molar-refractivity contribution in [2.45, 2.75) is 12.5 Å². The molecule has 0 radical (unpaired) electrons. The van der Waals surface area contributed by atoms with E-state index in [0.29, 0.717) is 36.0 Å². The van der Waals surface area contributed by atoms with E-state index in [1.54, 1.807) is 30.3 Å². The first-order valence-corrected chi connectivity index (χ1v) is 7.70. The molecule has 2 aliphatic heterocycles. The summed E-state index contributed by atoms with van der Waals surface area (Å²) in [5.74, 6) is 0.651. The number of hydrogen-bond acceptors (Lipinski definition) is 5. The molecule has 0 saturated carbocycles. The van der Waals surface area contributed by atoms with Crippen LogP contribution in [0, 0.1) is 0 Å². The van der Waals surface area contributed by atoms with E-state index in [0.717, 1.165) is 5.56 Å². The molecule has 6 nitrogen and oxygen atoms in total. The third-order valence-corrected chi connectivity index (χ3v) is 3.97. The number of anilines is 1. The van der Waals surface area contributed by atoms with Crippen molar-refractivity contribution in [2.24, 2.45) is 0 Å². The molecule has 24 heavy (non-hydrogen) atoms. The Balaban J connectivity index is 1.45. The number of benzene rings is 2. The molecule has 1 amide bonds. The van der Waals surface area contributed by atoms with Crippen LogP contribution in [0.1, 0.15) is 28.4 Å². The number of rotatable bonds is 3. The fraction of sp³-hybridized carbons (Fsp3) is 0.222. The van der Waals surface area contributed by atoms with Gasteiger partial charge in [0.25, 0.3) is 0 Å². The maximum atomic E-state index is 12.3. The van der Waals surface area contributed by atoms with Gasteiger partial charge in [0.05, 0.1) is 12.0 Å². The summed E-state index contributed by atoms with van der Waals surface area (Å²) in [6.07, 6.45) is -0.483. The molecule has 0 bridgehead atoms. The average Bonchev–Trinajstić information content (AvgIpc) is 2.91. The number of ether oxygens (including phenoxy) is 3. The lowest BCUT2D eigenvalue weighted by atomic mass is 10.0. The average molecular weight is 325 g/mol. The number of fused-ring (bicyclic) bond motifs is 2. The number of esters is 1. The van der Waals surface area contributed by atoms with Crippen LogP contribution in [0.2, 0.25) is 0 Å². The fourth-order valence-electron chi connectivity index (χ4n) is 2.87. The maximum Gasteiger partial charge on any atom is 0.339 e.